The molecule has 0 saturated heterocycles. The molecule has 1 aliphatic rings. The standard InChI is InChI=1S/C28H26FN5OS/c1-17-9-10-21(18(2)15-17)16-36-28-32-27-30-19(3)24(26(35)31-23-7-5-4-6-8-23)25(34(27)33-28)20-11-13-22(29)14-12-20/h4-15,25H,16H2,1-3H3,(H,31,35)(H,30,32,33). The van der Waals surface area contributed by atoms with Gasteiger partial charge in [0.25, 0.3) is 5.91 Å². The molecule has 5 rings (SSSR count). The van der Waals surface area contributed by atoms with E-state index in [0.29, 0.717) is 28.1 Å². The third-order valence-electron chi connectivity index (χ3n) is 6.15. The van der Waals surface area contributed by atoms with Crippen molar-refractivity contribution in [3.05, 3.63) is 112 Å². The molecule has 182 valence electrons. The number of halogens is 1. The van der Waals surface area contributed by atoms with Crippen LogP contribution in [0.2, 0.25) is 0 Å². The number of aromatic nitrogens is 3. The van der Waals surface area contributed by atoms with E-state index in [4.69, 9.17) is 10.1 Å². The summed E-state index contributed by atoms with van der Waals surface area (Å²) in [4.78, 5) is 18.2. The summed E-state index contributed by atoms with van der Waals surface area (Å²) in [6.07, 6.45) is 0. The fraction of sp³-hybridized carbons (Fsp3) is 0.179. The number of allylic oxidation sites excluding steroid dienone is 1. The average Bonchev–Trinajstić information content (AvgIpc) is 3.26. The fourth-order valence-corrected chi connectivity index (χ4v) is 5.22. The molecule has 2 N–H and O–H groups in total. The van der Waals surface area contributed by atoms with Crippen LogP contribution in [0.5, 0.6) is 0 Å². The van der Waals surface area contributed by atoms with Gasteiger partial charge < -0.3 is 10.6 Å². The van der Waals surface area contributed by atoms with E-state index in [2.05, 4.69) is 42.7 Å². The number of rotatable bonds is 6. The van der Waals surface area contributed by atoms with Crippen molar-refractivity contribution in [2.45, 2.75) is 37.7 Å². The lowest BCUT2D eigenvalue weighted by Crippen LogP contribution is -2.31. The molecule has 1 unspecified atom stereocenters. The van der Waals surface area contributed by atoms with Crippen molar-refractivity contribution in [3.63, 3.8) is 0 Å². The van der Waals surface area contributed by atoms with Gasteiger partial charge in [0.1, 0.15) is 11.9 Å². The highest BCUT2D eigenvalue weighted by atomic mass is 32.2. The summed E-state index contributed by atoms with van der Waals surface area (Å²) in [6, 6.07) is 21.3. The summed E-state index contributed by atoms with van der Waals surface area (Å²) < 4.78 is 15.5. The van der Waals surface area contributed by atoms with Crippen LogP contribution < -0.4 is 10.6 Å². The quantitative estimate of drug-likeness (QED) is 0.307. The van der Waals surface area contributed by atoms with Gasteiger partial charge in [-0.1, -0.05) is 65.9 Å². The molecule has 0 fully saturated rings. The topological polar surface area (TPSA) is 71.8 Å². The largest absolute Gasteiger partial charge is 0.328 e. The monoisotopic (exact) mass is 499 g/mol. The zero-order valence-electron chi connectivity index (χ0n) is 20.2. The predicted molar refractivity (Wildman–Crippen MR) is 141 cm³/mol. The minimum absolute atomic E-state index is 0.258. The molecule has 0 spiro atoms. The van der Waals surface area contributed by atoms with Gasteiger partial charge in [-0.25, -0.2) is 9.07 Å². The Hall–Kier alpha value is -3.91. The highest BCUT2D eigenvalue weighted by Crippen LogP contribution is 2.37. The Morgan fingerprint density at radius 2 is 1.81 bits per heavy atom. The number of carbonyl (C=O) groups is 1. The van der Waals surface area contributed by atoms with Crippen LogP contribution in [0, 0.1) is 19.7 Å². The van der Waals surface area contributed by atoms with Crippen molar-refractivity contribution < 1.29 is 9.18 Å². The molecular formula is C28H26FN5OS. The second kappa shape index (κ2) is 9.99. The molecule has 3 aromatic carbocycles. The number of benzene rings is 3. The Morgan fingerprint density at radius 1 is 1.06 bits per heavy atom. The molecule has 0 saturated carbocycles. The summed E-state index contributed by atoms with van der Waals surface area (Å²) in [6.45, 7) is 6.03. The summed E-state index contributed by atoms with van der Waals surface area (Å²) >= 11 is 1.54. The third kappa shape index (κ3) is 4.90. The van der Waals surface area contributed by atoms with Crippen LogP contribution in [0.3, 0.4) is 0 Å². The van der Waals surface area contributed by atoms with E-state index in [-0.39, 0.29) is 11.7 Å². The number of amides is 1. The first-order chi connectivity index (χ1) is 17.4. The van der Waals surface area contributed by atoms with Crippen LogP contribution in [-0.4, -0.2) is 20.7 Å². The lowest BCUT2D eigenvalue weighted by Gasteiger charge is -2.28. The van der Waals surface area contributed by atoms with E-state index in [1.165, 1.54) is 40.6 Å². The average molecular weight is 500 g/mol. The Bertz CT molecular complexity index is 1450. The predicted octanol–water partition coefficient (Wildman–Crippen LogP) is 6.25. The first kappa shape index (κ1) is 23.8. The van der Waals surface area contributed by atoms with Gasteiger partial charge in [0.15, 0.2) is 0 Å². The summed E-state index contributed by atoms with van der Waals surface area (Å²) in [7, 11) is 0. The van der Waals surface area contributed by atoms with Crippen molar-refractivity contribution in [1.82, 2.24) is 14.8 Å². The van der Waals surface area contributed by atoms with Gasteiger partial charge >= 0.3 is 0 Å². The molecular weight excluding hydrogens is 473 g/mol. The van der Waals surface area contributed by atoms with Gasteiger partial charge in [-0.2, -0.15) is 4.98 Å². The van der Waals surface area contributed by atoms with Crippen molar-refractivity contribution in [2.24, 2.45) is 0 Å². The molecule has 1 atom stereocenters. The van der Waals surface area contributed by atoms with Crippen molar-refractivity contribution >= 4 is 29.3 Å². The van der Waals surface area contributed by atoms with E-state index >= 15 is 0 Å². The molecule has 0 aliphatic carbocycles. The number of fused-ring (bicyclic) bond motifs is 1. The number of thioether (sulfide) groups is 1. The molecule has 1 aromatic heterocycles. The van der Waals surface area contributed by atoms with Crippen molar-refractivity contribution in [2.75, 3.05) is 10.6 Å². The lowest BCUT2D eigenvalue weighted by molar-refractivity contribution is -0.113. The van der Waals surface area contributed by atoms with Gasteiger partial charge in [0.05, 0.1) is 5.57 Å². The van der Waals surface area contributed by atoms with E-state index in [1.807, 2.05) is 37.3 Å². The fourth-order valence-electron chi connectivity index (χ4n) is 4.31. The highest BCUT2D eigenvalue weighted by molar-refractivity contribution is 7.98. The van der Waals surface area contributed by atoms with Crippen LogP contribution in [0.4, 0.5) is 16.0 Å². The van der Waals surface area contributed by atoms with Gasteiger partial charge in [-0.05, 0) is 61.7 Å². The van der Waals surface area contributed by atoms with E-state index in [0.717, 1.165) is 11.3 Å². The lowest BCUT2D eigenvalue weighted by atomic mass is 9.95. The van der Waals surface area contributed by atoms with Gasteiger partial charge in [0, 0.05) is 17.1 Å². The zero-order chi connectivity index (χ0) is 25.2. The van der Waals surface area contributed by atoms with Gasteiger partial charge in [0.2, 0.25) is 11.1 Å². The minimum Gasteiger partial charge on any atom is -0.328 e. The van der Waals surface area contributed by atoms with Crippen molar-refractivity contribution in [1.29, 1.82) is 0 Å². The molecule has 0 bridgehead atoms. The summed E-state index contributed by atoms with van der Waals surface area (Å²) in [5.41, 5.74) is 6.27. The van der Waals surface area contributed by atoms with Crippen LogP contribution in [-0.2, 0) is 10.5 Å². The molecule has 4 aromatic rings. The van der Waals surface area contributed by atoms with Crippen LogP contribution in [0.15, 0.2) is 89.2 Å². The molecule has 8 heteroatoms. The van der Waals surface area contributed by atoms with Gasteiger partial charge in [-0.15, -0.1) is 5.10 Å². The Balaban J connectivity index is 1.48. The number of hydrogen-bond donors (Lipinski definition) is 2. The molecule has 6 nitrogen and oxygen atoms in total. The van der Waals surface area contributed by atoms with E-state index < -0.39 is 6.04 Å². The maximum absolute atomic E-state index is 13.8. The van der Waals surface area contributed by atoms with E-state index in [1.54, 1.807) is 16.8 Å². The Morgan fingerprint density at radius 3 is 2.53 bits per heavy atom. The second-order valence-corrected chi connectivity index (χ2v) is 9.76. The summed E-state index contributed by atoms with van der Waals surface area (Å²) in [5.74, 6) is 0.671. The first-order valence-corrected chi connectivity index (χ1v) is 12.6. The van der Waals surface area contributed by atoms with Crippen LogP contribution in [0.25, 0.3) is 0 Å². The van der Waals surface area contributed by atoms with Crippen LogP contribution in [0.1, 0.15) is 35.2 Å². The number of hydrogen-bond acceptors (Lipinski definition) is 5. The maximum Gasteiger partial charge on any atom is 0.255 e. The number of anilines is 2. The highest BCUT2D eigenvalue weighted by Gasteiger charge is 2.34. The zero-order valence-corrected chi connectivity index (χ0v) is 21.1. The number of nitrogens with zero attached hydrogens (tertiary/aromatic N) is 3. The number of para-hydroxylation sites is 1. The Labute approximate surface area is 213 Å². The third-order valence-corrected chi connectivity index (χ3v) is 7.04. The first-order valence-electron chi connectivity index (χ1n) is 11.6. The number of nitrogens with one attached hydrogen (secondary N) is 2. The normalized spacial score (nSPS) is 14.8. The minimum atomic E-state index is -0.562. The SMILES string of the molecule is CC1=C(C(=O)Nc2ccccc2)C(c2ccc(F)cc2)n2nc(SCc3ccc(C)cc3C)nc2N1. The molecule has 2 heterocycles. The maximum atomic E-state index is 13.8. The second-order valence-electron chi connectivity index (χ2n) is 8.82. The molecule has 36 heavy (non-hydrogen) atoms. The Kier molecular flexibility index (Phi) is 6.61. The van der Waals surface area contributed by atoms with E-state index in [9.17, 15) is 9.18 Å². The molecule has 1 aliphatic heterocycles. The van der Waals surface area contributed by atoms with Crippen molar-refractivity contribution in [3.8, 4) is 0 Å². The number of aryl methyl sites for hydroxylation is 2. The number of carbonyl (C=O) groups excluding carboxylic acids is 1. The smallest absolute Gasteiger partial charge is 0.255 e. The van der Waals surface area contributed by atoms with Gasteiger partial charge in [-0.3, -0.25) is 4.79 Å². The van der Waals surface area contributed by atoms with Crippen LogP contribution >= 0.6 is 11.8 Å². The molecule has 1 amide bonds. The summed E-state index contributed by atoms with van der Waals surface area (Å²) in [5, 5.41) is 11.6. The molecule has 0 radical (unpaired) electrons.